The number of carbonyl (C=O) groups excluding carboxylic acids is 1. The van der Waals surface area contributed by atoms with Crippen LogP contribution in [-0.2, 0) is 25.8 Å². The maximum Gasteiger partial charge on any atom is 0.416 e. The second-order valence-electron chi connectivity index (χ2n) is 6.92. The summed E-state index contributed by atoms with van der Waals surface area (Å²) in [7, 11) is 0. The maximum absolute atomic E-state index is 14.2. The highest BCUT2D eigenvalue weighted by molar-refractivity contribution is 5.91. The Labute approximate surface area is 176 Å². The number of nitrogens with one attached hydrogen (secondary N) is 1. The van der Waals surface area contributed by atoms with Crippen LogP contribution in [0.5, 0.6) is 0 Å². The fourth-order valence-corrected chi connectivity index (χ4v) is 3.07. The lowest BCUT2D eigenvalue weighted by molar-refractivity contribution is -0.137. The Morgan fingerprint density at radius 3 is 2.58 bits per heavy atom. The van der Waals surface area contributed by atoms with Crippen molar-refractivity contribution in [1.29, 1.82) is 0 Å². The molecule has 0 atom stereocenters. The van der Waals surface area contributed by atoms with Gasteiger partial charge in [-0.15, -0.1) is 0 Å². The Balaban J connectivity index is 1.83. The van der Waals surface area contributed by atoms with Crippen molar-refractivity contribution in [1.82, 2.24) is 15.2 Å². The van der Waals surface area contributed by atoms with Crippen molar-refractivity contribution in [3.8, 4) is 0 Å². The molecule has 0 radical (unpaired) electrons. The Bertz CT molecular complexity index is 1030. The van der Waals surface area contributed by atoms with Crippen LogP contribution in [0.3, 0.4) is 0 Å². The minimum absolute atomic E-state index is 0.0734. The van der Waals surface area contributed by atoms with Gasteiger partial charge in [-0.05, 0) is 24.6 Å². The Morgan fingerprint density at radius 2 is 1.87 bits per heavy atom. The average molecular weight is 435 g/mol. The second-order valence-corrected chi connectivity index (χ2v) is 6.92. The molecule has 1 aromatic heterocycles. The lowest BCUT2D eigenvalue weighted by Gasteiger charge is -2.22. The third-order valence-electron chi connectivity index (χ3n) is 4.49. The number of nitrogens with zero attached hydrogens (tertiary/aromatic N) is 2. The normalized spacial score (nSPS) is 11.7. The van der Waals surface area contributed by atoms with E-state index < -0.39 is 23.5 Å². The smallest absolute Gasteiger partial charge is 0.416 e. The van der Waals surface area contributed by atoms with Crippen LogP contribution in [0.4, 0.5) is 17.6 Å². The number of alkyl halides is 3. The number of aromatic nitrogens is 1. The van der Waals surface area contributed by atoms with Gasteiger partial charge in [0.1, 0.15) is 12.1 Å². The SMILES string of the molecule is CCNC(=O)c1coc(CN(Cc2cccc(C(F)(F)F)c2)Cc2ccccc2F)n1. The number of carbonyl (C=O) groups is 1. The first kappa shape index (κ1) is 22.5. The van der Waals surface area contributed by atoms with Crippen LogP contribution >= 0.6 is 0 Å². The van der Waals surface area contributed by atoms with Gasteiger partial charge in [0.05, 0.1) is 12.1 Å². The first-order valence-corrected chi connectivity index (χ1v) is 9.60. The highest BCUT2D eigenvalue weighted by Gasteiger charge is 2.30. The molecule has 0 spiro atoms. The third-order valence-corrected chi connectivity index (χ3v) is 4.49. The van der Waals surface area contributed by atoms with E-state index in [9.17, 15) is 22.4 Å². The summed E-state index contributed by atoms with van der Waals surface area (Å²) >= 11 is 0. The van der Waals surface area contributed by atoms with Crippen LogP contribution in [0.2, 0.25) is 0 Å². The van der Waals surface area contributed by atoms with Crippen LogP contribution in [0.15, 0.2) is 59.2 Å². The van der Waals surface area contributed by atoms with E-state index in [1.807, 2.05) is 0 Å². The summed E-state index contributed by atoms with van der Waals surface area (Å²) in [5, 5.41) is 2.60. The summed E-state index contributed by atoms with van der Waals surface area (Å²) in [5.74, 6) is -0.618. The standard InChI is InChI=1S/C22H21F4N3O2/c1-2-27-21(30)19-14-31-20(28-19)13-29(12-16-7-3-4-9-18(16)23)11-15-6-5-8-17(10-15)22(24,25)26/h3-10,14H,2,11-13H2,1H3,(H,27,30). The highest BCUT2D eigenvalue weighted by atomic mass is 19.4. The van der Waals surface area contributed by atoms with Crippen LogP contribution in [0, 0.1) is 5.82 Å². The van der Waals surface area contributed by atoms with Crippen LogP contribution < -0.4 is 5.32 Å². The van der Waals surface area contributed by atoms with Gasteiger partial charge in [-0.1, -0.05) is 36.4 Å². The predicted molar refractivity (Wildman–Crippen MR) is 105 cm³/mol. The summed E-state index contributed by atoms with van der Waals surface area (Å²) in [6.07, 6.45) is -3.25. The van der Waals surface area contributed by atoms with Crippen molar-refractivity contribution in [3.63, 3.8) is 0 Å². The van der Waals surface area contributed by atoms with E-state index in [2.05, 4.69) is 10.3 Å². The van der Waals surface area contributed by atoms with E-state index in [0.29, 0.717) is 17.7 Å². The lowest BCUT2D eigenvalue weighted by Crippen LogP contribution is -2.24. The molecule has 0 unspecified atom stereocenters. The van der Waals surface area contributed by atoms with Crippen molar-refractivity contribution in [2.75, 3.05) is 6.54 Å². The van der Waals surface area contributed by atoms with Crippen molar-refractivity contribution in [3.05, 3.63) is 88.9 Å². The fraction of sp³-hybridized carbons (Fsp3) is 0.273. The molecule has 0 saturated heterocycles. The summed E-state index contributed by atoms with van der Waals surface area (Å²) in [5.41, 5.74) is 0.124. The summed E-state index contributed by atoms with van der Waals surface area (Å²) < 4.78 is 58.7. The first-order chi connectivity index (χ1) is 14.8. The quantitative estimate of drug-likeness (QED) is 0.517. The number of amides is 1. The zero-order valence-corrected chi connectivity index (χ0v) is 16.7. The van der Waals surface area contributed by atoms with Gasteiger partial charge in [0.2, 0.25) is 5.89 Å². The molecule has 31 heavy (non-hydrogen) atoms. The molecule has 0 saturated carbocycles. The van der Waals surface area contributed by atoms with Crippen molar-refractivity contribution in [2.45, 2.75) is 32.7 Å². The lowest BCUT2D eigenvalue weighted by atomic mass is 10.1. The molecule has 9 heteroatoms. The highest BCUT2D eigenvalue weighted by Crippen LogP contribution is 2.30. The first-order valence-electron chi connectivity index (χ1n) is 9.60. The molecule has 0 aliphatic rings. The van der Waals surface area contributed by atoms with E-state index in [-0.39, 0.29) is 31.2 Å². The minimum Gasteiger partial charge on any atom is -0.447 e. The molecule has 0 fully saturated rings. The fourth-order valence-electron chi connectivity index (χ4n) is 3.07. The number of halogens is 4. The van der Waals surface area contributed by atoms with Crippen molar-refractivity contribution >= 4 is 5.91 Å². The predicted octanol–water partition coefficient (Wildman–Crippen LogP) is 4.78. The zero-order chi connectivity index (χ0) is 22.4. The van der Waals surface area contributed by atoms with Crippen molar-refractivity contribution in [2.24, 2.45) is 0 Å². The minimum atomic E-state index is -4.46. The molecule has 0 bridgehead atoms. The molecule has 0 aliphatic heterocycles. The molecule has 5 nitrogen and oxygen atoms in total. The van der Waals surface area contributed by atoms with Crippen LogP contribution in [0.1, 0.15) is 40.0 Å². The van der Waals surface area contributed by atoms with Gasteiger partial charge in [0.25, 0.3) is 5.91 Å². The monoisotopic (exact) mass is 435 g/mol. The van der Waals surface area contributed by atoms with Crippen LogP contribution in [0.25, 0.3) is 0 Å². The van der Waals surface area contributed by atoms with Gasteiger partial charge in [0.15, 0.2) is 5.69 Å². The molecule has 1 N–H and O–H groups in total. The number of hydrogen-bond donors (Lipinski definition) is 1. The summed E-state index contributed by atoms with van der Waals surface area (Å²) in [6, 6.07) is 11.1. The molecule has 164 valence electrons. The van der Waals surface area contributed by atoms with E-state index in [4.69, 9.17) is 4.42 Å². The third kappa shape index (κ3) is 6.14. The van der Waals surface area contributed by atoms with Gasteiger partial charge in [0, 0.05) is 25.2 Å². The topological polar surface area (TPSA) is 58.4 Å². The van der Waals surface area contributed by atoms with E-state index in [1.54, 1.807) is 36.1 Å². The van der Waals surface area contributed by atoms with E-state index >= 15 is 0 Å². The van der Waals surface area contributed by atoms with Gasteiger partial charge < -0.3 is 9.73 Å². The molecule has 3 rings (SSSR count). The molecular weight excluding hydrogens is 414 g/mol. The molecule has 0 aliphatic carbocycles. The van der Waals surface area contributed by atoms with Gasteiger partial charge in [-0.2, -0.15) is 13.2 Å². The van der Waals surface area contributed by atoms with Gasteiger partial charge >= 0.3 is 6.18 Å². The van der Waals surface area contributed by atoms with E-state index in [0.717, 1.165) is 12.1 Å². The molecule has 1 heterocycles. The summed E-state index contributed by atoms with van der Waals surface area (Å²) in [6.45, 7) is 2.48. The van der Waals surface area contributed by atoms with E-state index in [1.165, 1.54) is 18.4 Å². The Morgan fingerprint density at radius 1 is 1.10 bits per heavy atom. The van der Waals surface area contributed by atoms with Crippen LogP contribution in [-0.4, -0.2) is 22.3 Å². The average Bonchev–Trinajstić information content (AvgIpc) is 3.18. The molecule has 3 aromatic rings. The maximum atomic E-state index is 14.2. The van der Waals surface area contributed by atoms with Gasteiger partial charge in [-0.3, -0.25) is 9.69 Å². The summed E-state index contributed by atoms with van der Waals surface area (Å²) in [4.78, 5) is 17.7. The number of benzene rings is 2. The second kappa shape index (κ2) is 9.74. The van der Waals surface area contributed by atoms with Crippen molar-refractivity contribution < 1.29 is 26.8 Å². The Hall–Kier alpha value is -3.20. The molecule has 2 aromatic carbocycles. The molecular formula is C22H21F4N3O2. The zero-order valence-electron chi connectivity index (χ0n) is 16.7. The number of hydrogen-bond acceptors (Lipinski definition) is 4. The van der Waals surface area contributed by atoms with Gasteiger partial charge in [-0.25, -0.2) is 9.37 Å². The number of oxazole rings is 1. The largest absolute Gasteiger partial charge is 0.447 e. The Kier molecular flexibility index (Phi) is 7.06. The molecule has 1 amide bonds. The number of rotatable bonds is 8.